The van der Waals surface area contributed by atoms with Crippen molar-refractivity contribution >= 4 is 0 Å². The molecule has 4 heteroatoms. The smallest absolute Gasteiger partial charge is 0.269 e. The summed E-state index contributed by atoms with van der Waals surface area (Å²) in [5.74, 6) is 0. The predicted molar refractivity (Wildman–Crippen MR) is 66.9 cm³/mol. The van der Waals surface area contributed by atoms with E-state index in [2.05, 4.69) is 4.98 Å². The first kappa shape index (κ1) is 10.7. The van der Waals surface area contributed by atoms with Crippen LogP contribution in [0.4, 0.5) is 0 Å². The molecule has 0 unspecified atom stereocenters. The molecule has 2 aromatic rings. The molecule has 2 aromatic heterocycles. The Morgan fingerprint density at radius 2 is 2.17 bits per heavy atom. The first-order valence-corrected chi connectivity index (χ1v) is 5.88. The first-order valence-electron chi connectivity index (χ1n) is 5.88. The van der Waals surface area contributed by atoms with Crippen molar-refractivity contribution in [1.82, 2.24) is 9.55 Å². The lowest BCUT2D eigenvalue weighted by Crippen LogP contribution is -2.21. The van der Waals surface area contributed by atoms with Crippen LogP contribution < -0.4 is 5.56 Å². The Labute approximate surface area is 104 Å². The Morgan fingerprint density at radius 3 is 2.78 bits per heavy atom. The molecule has 0 saturated heterocycles. The van der Waals surface area contributed by atoms with Crippen molar-refractivity contribution in [1.29, 1.82) is 5.26 Å². The van der Waals surface area contributed by atoms with Crippen molar-refractivity contribution in [2.45, 2.75) is 18.9 Å². The molecule has 0 bridgehead atoms. The van der Waals surface area contributed by atoms with Crippen molar-refractivity contribution in [3.05, 3.63) is 52.6 Å². The summed E-state index contributed by atoms with van der Waals surface area (Å²) in [7, 11) is 0. The number of hydrogen-bond donors (Lipinski definition) is 0. The van der Waals surface area contributed by atoms with Gasteiger partial charge >= 0.3 is 0 Å². The van der Waals surface area contributed by atoms with E-state index in [-0.39, 0.29) is 17.2 Å². The summed E-state index contributed by atoms with van der Waals surface area (Å²) in [4.78, 5) is 16.4. The van der Waals surface area contributed by atoms with Crippen LogP contribution >= 0.6 is 0 Å². The Morgan fingerprint density at radius 1 is 1.33 bits per heavy atom. The number of hydrogen-bond acceptors (Lipinski definition) is 3. The van der Waals surface area contributed by atoms with Gasteiger partial charge in [0.15, 0.2) is 0 Å². The second kappa shape index (κ2) is 4.11. The molecule has 3 rings (SSSR count). The Hall–Kier alpha value is -2.41. The molecular weight excluding hydrogens is 226 g/mol. The summed E-state index contributed by atoms with van der Waals surface area (Å²) in [6.07, 6.45) is 5.47. The van der Waals surface area contributed by atoms with Crippen molar-refractivity contribution in [2.24, 2.45) is 0 Å². The quantitative estimate of drug-likeness (QED) is 0.803. The lowest BCUT2D eigenvalue weighted by atomic mass is 10.1. The fraction of sp³-hybridized carbons (Fsp3) is 0.214. The van der Waals surface area contributed by atoms with Gasteiger partial charge < -0.3 is 4.57 Å². The highest BCUT2D eigenvalue weighted by molar-refractivity contribution is 5.66. The normalized spacial score (nSPS) is 14.2. The SMILES string of the molecule is N#Cc1c(-c2ccccn2)ccn(C2CC2)c1=O. The van der Waals surface area contributed by atoms with E-state index in [0.717, 1.165) is 12.8 Å². The largest absolute Gasteiger partial charge is 0.311 e. The van der Waals surface area contributed by atoms with E-state index in [0.29, 0.717) is 11.3 Å². The molecule has 0 radical (unpaired) electrons. The number of nitrogens with zero attached hydrogens (tertiary/aromatic N) is 3. The maximum absolute atomic E-state index is 12.2. The van der Waals surface area contributed by atoms with Crippen LogP contribution in [0, 0.1) is 11.3 Å². The van der Waals surface area contributed by atoms with Gasteiger partial charge in [0.1, 0.15) is 11.6 Å². The Bertz CT molecular complexity index is 678. The van der Waals surface area contributed by atoms with E-state index in [1.165, 1.54) is 0 Å². The maximum atomic E-state index is 12.2. The molecule has 1 saturated carbocycles. The summed E-state index contributed by atoms with van der Waals surface area (Å²) in [6, 6.07) is 9.55. The van der Waals surface area contributed by atoms with Crippen LogP contribution in [0.3, 0.4) is 0 Å². The topological polar surface area (TPSA) is 58.7 Å². The summed E-state index contributed by atoms with van der Waals surface area (Å²) in [6.45, 7) is 0. The second-order valence-electron chi connectivity index (χ2n) is 4.37. The zero-order chi connectivity index (χ0) is 12.5. The standard InChI is InChI=1S/C14H11N3O/c15-9-12-11(13-3-1-2-7-16-13)6-8-17(14(12)18)10-4-5-10/h1-3,6-8,10H,4-5H2. The lowest BCUT2D eigenvalue weighted by molar-refractivity contribution is 0.705. The van der Waals surface area contributed by atoms with Gasteiger partial charge in [-0.3, -0.25) is 9.78 Å². The molecule has 0 aliphatic heterocycles. The Balaban J connectivity index is 2.20. The molecule has 1 aliphatic rings. The van der Waals surface area contributed by atoms with Crippen molar-refractivity contribution in [3.63, 3.8) is 0 Å². The molecule has 1 aliphatic carbocycles. The van der Waals surface area contributed by atoms with Gasteiger partial charge in [0.25, 0.3) is 5.56 Å². The van der Waals surface area contributed by atoms with Gasteiger partial charge in [-0.25, -0.2) is 0 Å². The predicted octanol–water partition coefficient (Wildman–Crippen LogP) is 2.12. The van der Waals surface area contributed by atoms with Gasteiger partial charge in [0.05, 0.1) is 5.69 Å². The molecular formula is C14H11N3O. The third kappa shape index (κ3) is 1.70. The summed E-state index contributed by atoms with van der Waals surface area (Å²) < 4.78 is 1.66. The van der Waals surface area contributed by atoms with Crippen LogP contribution in [0.1, 0.15) is 24.4 Å². The molecule has 0 atom stereocenters. The van der Waals surface area contributed by atoms with Crippen LogP contribution in [0.5, 0.6) is 0 Å². The van der Waals surface area contributed by atoms with E-state index in [1.807, 2.05) is 12.1 Å². The fourth-order valence-corrected chi connectivity index (χ4v) is 2.03. The average Bonchev–Trinajstić information content (AvgIpc) is 3.23. The zero-order valence-corrected chi connectivity index (χ0v) is 9.71. The number of aromatic nitrogens is 2. The highest BCUT2D eigenvalue weighted by atomic mass is 16.1. The summed E-state index contributed by atoms with van der Waals surface area (Å²) >= 11 is 0. The first-order chi connectivity index (χ1) is 8.81. The summed E-state index contributed by atoms with van der Waals surface area (Å²) in [5, 5.41) is 9.20. The zero-order valence-electron chi connectivity index (χ0n) is 9.71. The molecule has 0 N–H and O–H groups in total. The van der Waals surface area contributed by atoms with Gasteiger partial charge in [-0.1, -0.05) is 6.07 Å². The highest BCUT2D eigenvalue weighted by Crippen LogP contribution is 2.34. The molecule has 2 heterocycles. The molecule has 1 fully saturated rings. The van der Waals surface area contributed by atoms with Gasteiger partial charge in [0.2, 0.25) is 0 Å². The molecule has 0 aromatic carbocycles. The third-order valence-electron chi connectivity index (χ3n) is 3.11. The molecule has 18 heavy (non-hydrogen) atoms. The van der Waals surface area contributed by atoms with E-state index in [4.69, 9.17) is 0 Å². The van der Waals surface area contributed by atoms with Crippen molar-refractivity contribution in [3.8, 4) is 17.3 Å². The monoisotopic (exact) mass is 237 g/mol. The molecule has 88 valence electrons. The lowest BCUT2D eigenvalue weighted by Gasteiger charge is -2.07. The molecule has 0 spiro atoms. The van der Waals surface area contributed by atoms with Crippen LogP contribution in [-0.2, 0) is 0 Å². The second-order valence-corrected chi connectivity index (χ2v) is 4.37. The van der Waals surface area contributed by atoms with Crippen LogP contribution in [0.2, 0.25) is 0 Å². The Kier molecular flexibility index (Phi) is 2.45. The maximum Gasteiger partial charge on any atom is 0.269 e. The number of nitriles is 1. The minimum Gasteiger partial charge on any atom is -0.311 e. The third-order valence-corrected chi connectivity index (χ3v) is 3.11. The fourth-order valence-electron chi connectivity index (χ4n) is 2.03. The summed E-state index contributed by atoms with van der Waals surface area (Å²) in [5.41, 5.74) is 1.25. The molecule has 4 nitrogen and oxygen atoms in total. The van der Waals surface area contributed by atoms with Crippen LogP contribution in [0.15, 0.2) is 41.5 Å². The minimum atomic E-state index is -0.205. The van der Waals surface area contributed by atoms with Gasteiger partial charge in [-0.2, -0.15) is 5.26 Å². The van der Waals surface area contributed by atoms with Crippen LogP contribution in [0.25, 0.3) is 11.3 Å². The van der Waals surface area contributed by atoms with E-state index >= 15 is 0 Å². The number of rotatable bonds is 2. The molecule has 0 amide bonds. The average molecular weight is 237 g/mol. The van der Waals surface area contributed by atoms with Gasteiger partial charge in [-0.15, -0.1) is 0 Å². The minimum absolute atomic E-state index is 0.183. The number of pyridine rings is 2. The van der Waals surface area contributed by atoms with E-state index in [1.54, 1.807) is 35.2 Å². The van der Waals surface area contributed by atoms with E-state index in [9.17, 15) is 10.1 Å². The van der Waals surface area contributed by atoms with Crippen molar-refractivity contribution < 1.29 is 0 Å². The van der Waals surface area contributed by atoms with E-state index < -0.39 is 0 Å². The van der Waals surface area contributed by atoms with Crippen molar-refractivity contribution in [2.75, 3.05) is 0 Å². The van der Waals surface area contributed by atoms with Gasteiger partial charge in [0, 0.05) is 24.0 Å². The van der Waals surface area contributed by atoms with Gasteiger partial charge in [-0.05, 0) is 31.0 Å². The van der Waals surface area contributed by atoms with Crippen LogP contribution in [-0.4, -0.2) is 9.55 Å². The highest BCUT2D eigenvalue weighted by Gasteiger charge is 2.26.